The zero-order valence-corrected chi connectivity index (χ0v) is 12.6. The summed E-state index contributed by atoms with van der Waals surface area (Å²) in [4.78, 5) is 7.68. The summed E-state index contributed by atoms with van der Waals surface area (Å²) in [6.45, 7) is 6.71. The monoisotopic (exact) mass is 280 g/mol. The molecule has 104 valence electrons. The SMILES string of the molecule is Cc1oc(-c2cccs2)nc1CN(C)C(C)(C)CO. The Bertz CT molecular complexity index is 532. The molecule has 2 aromatic heterocycles. The van der Waals surface area contributed by atoms with Crippen LogP contribution in [0.5, 0.6) is 0 Å². The first-order valence-corrected chi connectivity index (χ1v) is 7.14. The molecule has 0 bridgehead atoms. The fourth-order valence-corrected chi connectivity index (χ4v) is 2.29. The van der Waals surface area contributed by atoms with Gasteiger partial charge in [-0.15, -0.1) is 11.3 Å². The Morgan fingerprint density at radius 1 is 1.47 bits per heavy atom. The second-order valence-electron chi connectivity index (χ2n) is 5.33. The number of hydrogen-bond donors (Lipinski definition) is 1. The van der Waals surface area contributed by atoms with Crippen LogP contribution in [0.15, 0.2) is 21.9 Å². The molecule has 1 N–H and O–H groups in total. The zero-order valence-electron chi connectivity index (χ0n) is 11.8. The molecule has 0 atom stereocenters. The lowest BCUT2D eigenvalue weighted by Crippen LogP contribution is -2.43. The summed E-state index contributed by atoms with van der Waals surface area (Å²) in [5, 5.41) is 11.4. The van der Waals surface area contributed by atoms with Crippen LogP contribution in [0.25, 0.3) is 10.8 Å². The third kappa shape index (κ3) is 3.05. The summed E-state index contributed by atoms with van der Waals surface area (Å²) in [5.41, 5.74) is 0.654. The Hall–Kier alpha value is -1.17. The molecule has 0 radical (unpaired) electrons. The van der Waals surface area contributed by atoms with E-state index in [2.05, 4.69) is 9.88 Å². The van der Waals surface area contributed by atoms with E-state index in [0.717, 1.165) is 16.3 Å². The standard InChI is InChI=1S/C14H20N2O2S/c1-10-11(8-16(4)14(2,3)9-17)15-13(18-10)12-6-5-7-19-12/h5-7,17H,8-9H2,1-4H3. The molecule has 5 heteroatoms. The minimum atomic E-state index is -0.269. The molecule has 0 saturated heterocycles. The van der Waals surface area contributed by atoms with Gasteiger partial charge < -0.3 is 9.52 Å². The van der Waals surface area contributed by atoms with Crippen LogP contribution in [0.1, 0.15) is 25.3 Å². The van der Waals surface area contributed by atoms with E-state index in [1.165, 1.54) is 0 Å². The fraction of sp³-hybridized carbons (Fsp3) is 0.500. The van der Waals surface area contributed by atoms with Crippen molar-refractivity contribution >= 4 is 11.3 Å². The third-order valence-electron chi connectivity index (χ3n) is 3.43. The zero-order chi connectivity index (χ0) is 14.0. The molecule has 0 aliphatic heterocycles. The number of aliphatic hydroxyl groups is 1. The van der Waals surface area contributed by atoms with Gasteiger partial charge in [0.05, 0.1) is 17.2 Å². The van der Waals surface area contributed by atoms with Crippen molar-refractivity contribution in [3.63, 3.8) is 0 Å². The van der Waals surface area contributed by atoms with Crippen LogP contribution in [0, 0.1) is 6.92 Å². The smallest absolute Gasteiger partial charge is 0.236 e. The highest BCUT2D eigenvalue weighted by atomic mass is 32.1. The molecule has 2 heterocycles. The number of aromatic nitrogens is 1. The highest BCUT2D eigenvalue weighted by Crippen LogP contribution is 2.27. The molecule has 0 saturated carbocycles. The number of likely N-dealkylation sites (N-methyl/N-ethyl adjacent to an activating group) is 1. The second-order valence-corrected chi connectivity index (χ2v) is 6.27. The Morgan fingerprint density at radius 2 is 2.21 bits per heavy atom. The molecule has 0 aromatic carbocycles. The van der Waals surface area contributed by atoms with Crippen molar-refractivity contribution in [3.05, 3.63) is 29.0 Å². The molecule has 0 spiro atoms. The van der Waals surface area contributed by atoms with Crippen LogP contribution in [0.4, 0.5) is 0 Å². The molecule has 2 rings (SSSR count). The first-order valence-electron chi connectivity index (χ1n) is 6.26. The summed E-state index contributed by atoms with van der Waals surface area (Å²) in [6.07, 6.45) is 0. The highest BCUT2D eigenvalue weighted by molar-refractivity contribution is 7.13. The van der Waals surface area contributed by atoms with Gasteiger partial charge in [0.2, 0.25) is 5.89 Å². The average Bonchev–Trinajstić information content (AvgIpc) is 2.99. The summed E-state index contributed by atoms with van der Waals surface area (Å²) >= 11 is 1.62. The van der Waals surface area contributed by atoms with E-state index in [-0.39, 0.29) is 12.1 Å². The van der Waals surface area contributed by atoms with E-state index in [1.807, 2.05) is 45.3 Å². The number of rotatable bonds is 5. The van der Waals surface area contributed by atoms with Gasteiger partial charge in [-0.05, 0) is 39.3 Å². The first-order chi connectivity index (χ1) is 8.94. The normalized spacial score (nSPS) is 12.3. The van der Waals surface area contributed by atoms with Crippen molar-refractivity contribution in [1.29, 1.82) is 0 Å². The molecule has 0 amide bonds. The minimum Gasteiger partial charge on any atom is -0.440 e. The number of hydrogen-bond acceptors (Lipinski definition) is 5. The van der Waals surface area contributed by atoms with Crippen molar-refractivity contribution in [3.8, 4) is 10.8 Å². The Morgan fingerprint density at radius 3 is 2.79 bits per heavy atom. The number of oxazole rings is 1. The van der Waals surface area contributed by atoms with Crippen LogP contribution >= 0.6 is 11.3 Å². The van der Waals surface area contributed by atoms with E-state index < -0.39 is 0 Å². The van der Waals surface area contributed by atoms with E-state index in [1.54, 1.807) is 11.3 Å². The molecule has 0 aliphatic carbocycles. The highest BCUT2D eigenvalue weighted by Gasteiger charge is 2.24. The summed E-state index contributed by atoms with van der Waals surface area (Å²) < 4.78 is 5.72. The molecule has 0 aliphatic rings. The van der Waals surface area contributed by atoms with Gasteiger partial charge in [0, 0.05) is 12.1 Å². The van der Waals surface area contributed by atoms with Crippen molar-refractivity contribution in [1.82, 2.24) is 9.88 Å². The molecular weight excluding hydrogens is 260 g/mol. The Labute approximate surface area is 117 Å². The predicted molar refractivity (Wildman–Crippen MR) is 77.2 cm³/mol. The Balaban J connectivity index is 2.18. The fourth-order valence-electron chi connectivity index (χ4n) is 1.64. The summed E-state index contributed by atoms with van der Waals surface area (Å²) in [6, 6.07) is 3.99. The lowest BCUT2D eigenvalue weighted by Gasteiger charge is -2.33. The van der Waals surface area contributed by atoms with Crippen LogP contribution in [0.2, 0.25) is 0 Å². The predicted octanol–water partition coefficient (Wildman–Crippen LogP) is 2.91. The van der Waals surface area contributed by atoms with Gasteiger partial charge in [-0.1, -0.05) is 6.07 Å². The maximum absolute atomic E-state index is 9.38. The van der Waals surface area contributed by atoms with Crippen LogP contribution in [-0.4, -0.2) is 34.2 Å². The molecule has 4 nitrogen and oxygen atoms in total. The Kier molecular flexibility index (Phi) is 4.08. The van der Waals surface area contributed by atoms with Gasteiger partial charge in [-0.3, -0.25) is 4.90 Å². The third-order valence-corrected chi connectivity index (χ3v) is 4.29. The van der Waals surface area contributed by atoms with Crippen molar-refractivity contribution in [2.75, 3.05) is 13.7 Å². The van der Waals surface area contributed by atoms with Gasteiger partial charge in [0.1, 0.15) is 5.76 Å². The quantitative estimate of drug-likeness (QED) is 0.915. The van der Waals surface area contributed by atoms with Crippen molar-refractivity contribution in [2.45, 2.75) is 32.9 Å². The first kappa shape index (κ1) is 14.2. The van der Waals surface area contributed by atoms with Gasteiger partial charge in [-0.25, -0.2) is 4.98 Å². The number of nitrogens with zero attached hydrogens (tertiary/aromatic N) is 2. The van der Waals surface area contributed by atoms with Gasteiger partial charge in [0.25, 0.3) is 0 Å². The lowest BCUT2D eigenvalue weighted by atomic mass is 10.1. The topological polar surface area (TPSA) is 49.5 Å². The molecule has 2 aromatic rings. The van der Waals surface area contributed by atoms with Crippen molar-refractivity contribution < 1.29 is 9.52 Å². The molecule has 19 heavy (non-hydrogen) atoms. The van der Waals surface area contributed by atoms with E-state index in [9.17, 15) is 5.11 Å². The van der Waals surface area contributed by atoms with Crippen LogP contribution < -0.4 is 0 Å². The van der Waals surface area contributed by atoms with Crippen molar-refractivity contribution in [2.24, 2.45) is 0 Å². The average molecular weight is 280 g/mol. The maximum atomic E-state index is 9.38. The van der Waals surface area contributed by atoms with Gasteiger partial charge in [0.15, 0.2) is 0 Å². The van der Waals surface area contributed by atoms with Gasteiger partial charge in [-0.2, -0.15) is 0 Å². The lowest BCUT2D eigenvalue weighted by molar-refractivity contribution is 0.0722. The maximum Gasteiger partial charge on any atom is 0.236 e. The second kappa shape index (κ2) is 5.45. The summed E-state index contributed by atoms with van der Waals surface area (Å²) in [5.74, 6) is 1.52. The molecular formula is C14H20N2O2S. The van der Waals surface area contributed by atoms with Crippen LogP contribution in [0.3, 0.4) is 0 Å². The van der Waals surface area contributed by atoms with E-state index in [4.69, 9.17) is 4.42 Å². The number of aliphatic hydroxyl groups excluding tert-OH is 1. The minimum absolute atomic E-state index is 0.109. The number of thiophene rings is 1. The summed E-state index contributed by atoms with van der Waals surface area (Å²) in [7, 11) is 1.98. The van der Waals surface area contributed by atoms with Crippen LogP contribution in [-0.2, 0) is 6.54 Å². The van der Waals surface area contributed by atoms with Gasteiger partial charge >= 0.3 is 0 Å². The largest absolute Gasteiger partial charge is 0.440 e. The van der Waals surface area contributed by atoms with E-state index >= 15 is 0 Å². The molecule has 0 fully saturated rings. The number of aryl methyl sites for hydroxylation is 1. The molecule has 0 unspecified atom stereocenters. The van der Waals surface area contributed by atoms with E-state index in [0.29, 0.717) is 12.4 Å².